The lowest BCUT2D eigenvalue weighted by Crippen LogP contribution is -2.25. The van der Waals surface area contributed by atoms with Crippen molar-refractivity contribution in [1.82, 2.24) is 10.0 Å². The summed E-state index contributed by atoms with van der Waals surface area (Å²) in [6.07, 6.45) is 1.92. The summed E-state index contributed by atoms with van der Waals surface area (Å²) in [5, 5.41) is 3.22. The monoisotopic (exact) mass is 318 g/mol. The lowest BCUT2D eigenvalue weighted by Gasteiger charge is -2.07. The van der Waals surface area contributed by atoms with Crippen LogP contribution < -0.4 is 10.0 Å². The number of nitrogens with one attached hydrogen (secondary N) is 2. The van der Waals surface area contributed by atoms with E-state index in [0.29, 0.717) is 17.4 Å². The van der Waals surface area contributed by atoms with Gasteiger partial charge in [-0.15, -0.1) is 11.3 Å². The molecule has 0 atom stereocenters. The molecule has 2 N–H and O–H groups in total. The molecule has 1 rings (SSSR count). The highest BCUT2D eigenvalue weighted by Gasteiger charge is 2.19. The van der Waals surface area contributed by atoms with Crippen LogP contribution in [0.5, 0.6) is 0 Å². The third kappa shape index (κ3) is 5.52. The van der Waals surface area contributed by atoms with E-state index >= 15 is 0 Å². The maximum atomic E-state index is 12.3. The van der Waals surface area contributed by atoms with E-state index in [0.717, 1.165) is 35.7 Å². The maximum absolute atomic E-state index is 12.3. The molecule has 0 saturated carbocycles. The number of thiophene rings is 1. The Morgan fingerprint density at radius 3 is 2.65 bits per heavy atom. The zero-order valence-electron chi connectivity index (χ0n) is 12.8. The van der Waals surface area contributed by atoms with Crippen LogP contribution in [0.25, 0.3) is 0 Å². The minimum atomic E-state index is -3.36. The average molecular weight is 319 g/mol. The van der Waals surface area contributed by atoms with E-state index in [-0.39, 0.29) is 0 Å². The van der Waals surface area contributed by atoms with Crippen LogP contribution in [0.2, 0.25) is 0 Å². The summed E-state index contributed by atoms with van der Waals surface area (Å²) in [6, 6.07) is 1.79. The zero-order valence-corrected chi connectivity index (χ0v) is 14.5. The van der Waals surface area contributed by atoms with E-state index in [1.807, 2.05) is 13.8 Å². The second kappa shape index (κ2) is 8.12. The Morgan fingerprint density at radius 2 is 2.05 bits per heavy atom. The van der Waals surface area contributed by atoms with Crippen molar-refractivity contribution in [2.75, 3.05) is 13.1 Å². The van der Waals surface area contributed by atoms with E-state index in [9.17, 15) is 8.42 Å². The van der Waals surface area contributed by atoms with Gasteiger partial charge < -0.3 is 5.32 Å². The lowest BCUT2D eigenvalue weighted by atomic mass is 10.1. The summed E-state index contributed by atoms with van der Waals surface area (Å²) in [5.41, 5.74) is 0. The first-order valence-electron chi connectivity index (χ1n) is 7.16. The van der Waals surface area contributed by atoms with Gasteiger partial charge in [0, 0.05) is 22.8 Å². The highest BCUT2D eigenvalue weighted by Crippen LogP contribution is 2.25. The molecule has 0 fully saturated rings. The third-order valence-electron chi connectivity index (χ3n) is 3.01. The molecule has 0 spiro atoms. The van der Waals surface area contributed by atoms with Gasteiger partial charge in [-0.25, -0.2) is 13.1 Å². The van der Waals surface area contributed by atoms with Gasteiger partial charge in [-0.05, 0) is 38.3 Å². The smallest absolute Gasteiger partial charge is 0.241 e. The molecule has 0 aliphatic heterocycles. The fourth-order valence-corrected chi connectivity index (χ4v) is 4.60. The van der Waals surface area contributed by atoms with Gasteiger partial charge in [-0.3, -0.25) is 0 Å². The van der Waals surface area contributed by atoms with Crippen LogP contribution in [0.1, 0.15) is 43.4 Å². The van der Waals surface area contributed by atoms with Gasteiger partial charge in [0.2, 0.25) is 10.0 Å². The molecule has 0 aliphatic rings. The van der Waals surface area contributed by atoms with E-state index in [1.54, 1.807) is 17.4 Å². The first kappa shape index (κ1) is 17.6. The zero-order chi connectivity index (χ0) is 15.2. The first-order valence-corrected chi connectivity index (χ1v) is 9.46. The normalized spacial score (nSPS) is 12.2. The predicted molar refractivity (Wildman–Crippen MR) is 85.7 cm³/mol. The number of hydrogen-bond donors (Lipinski definition) is 2. The fraction of sp³-hybridized carbons (Fsp3) is 0.714. The van der Waals surface area contributed by atoms with E-state index in [2.05, 4.69) is 23.9 Å². The van der Waals surface area contributed by atoms with Crippen molar-refractivity contribution in [1.29, 1.82) is 0 Å². The second-order valence-electron chi connectivity index (χ2n) is 5.35. The Labute approximate surface area is 127 Å². The Hall–Kier alpha value is -0.430. The van der Waals surface area contributed by atoms with Gasteiger partial charge in [0.25, 0.3) is 0 Å². The molecule has 0 saturated heterocycles. The molecule has 0 aromatic carbocycles. The Balaban J connectivity index is 2.64. The van der Waals surface area contributed by atoms with Crippen molar-refractivity contribution in [2.45, 2.75) is 52.0 Å². The van der Waals surface area contributed by atoms with Gasteiger partial charge in [-0.2, -0.15) is 0 Å². The quantitative estimate of drug-likeness (QED) is 0.688. The average Bonchev–Trinajstić information content (AvgIpc) is 2.74. The summed E-state index contributed by atoms with van der Waals surface area (Å²) in [5.74, 6) is 0.606. The molecule has 116 valence electrons. The van der Waals surface area contributed by atoms with Crippen LogP contribution in [-0.4, -0.2) is 21.5 Å². The van der Waals surface area contributed by atoms with Gasteiger partial charge in [-0.1, -0.05) is 20.8 Å². The highest BCUT2D eigenvalue weighted by atomic mass is 32.2. The van der Waals surface area contributed by atoms with Crippen molar-refractivity contribution in [3.05, 3.63) is 15.8 Å². The van der Waals surface area contributed by atoms with Crippen molar-refractivity contribution < 1.29 is 8.42 Å². The van der Waals surface area contributed by atoms with E-state index in [4.69, 9.17) is 0 Å². The molecule has 0 bridgehead atoms. The van der Waals surface area contributed by atoms with Crippen molar-refractivity contribution in [3.8, 4) is 0 Å². The van der Waals surface area contributed by atoms with Crippen molar-refractivity contribution in [3.63, 3.8) is 0 Å². The maximum Gasteiger partial charge on any atom is 0.241 e. The summed E-state index contributed by atoms with van der Waals surface area (Å²) < 4.78 is 27.2. The first-order chi connectivity index (χ1) is 9.36. The topological polar surface area (TPSA) is 58.2 Å². The van der Waals surface area contributed by atoms with Gasteiger partial charge in [0.05, 0.1) is 4.90 Å². The second-order valence-corrected chi connectivity index (χ2v) is 8.42. The van der Waals surface area contributed by atoms with Crippen LogP contribution in [0.4, 0.5) is 0 Å². The molecule has 1 aromatic rings. The molecule has 1 aromatic heterocycles. The molecule has 1 heterocycles. The van der Waals surface area contributed by atoms with E-state index < -0.39 is 10.0 Å². The minimum Gasteiger partial charge on any atom is -0.312 e. The number of rotatable bonds is 9. The Kier molecular flexibility index (Phi) is 7.15. The number of aryl methyl sites for hydroxylation is 1. The third-order valence-corrected chi connectivity index (χ3v) is 5.78. The standard InChI is InChI=1S/C14H26N2O2S2/c1-5-15-10-13-9-14(12(4)19-13)20(17,18)16-8-6-7-11(2)3/h9,11,15-16H,5-8,10H2,1-4H3. The molecular formula is C14H26N2O2S2. The summed E-state index contributed by atoms with van der Waals surface area (Å²) in [7, 11) is -3.36. The fourth-order valence-electron chi connectivity index (χ4n) is 1.92. The van der Waals surface area contributed by atoms with Crippen molar-refractivity contribution in [2.24, 2.45) is 5.92 Å². The molecule has 0 unspecified atom stereocenters. The number of hydrogen-bond acceptors (Lipinski definition) is 4. The van der Waals surface area contributed by atoms with Crippen LogP contribution in [0.15, 0.2) is 11.0 Å². The SMILES string of the molecule is CCNCc1cc(S(=O)(=O)NCCCC(C)C)c(C)s1. The molecule has 0 amide bonds. The summed E-state index contributed by atoms with van der Waals surface area (Å²) in [6.45, 7) is 10.3. The summed E-state index contributed by atoms with van der Waals surface area (Å²) in [4.78, 5) is 2.35. The van der Waals surface area contributed by atoms with Gasteiger partial charge in [0.15, 0.2) is 0 Å². The molecule has 4 nitrogen and oxygen atoms in total. The summed E-state index contributed by atoms with van der Waals surface area (Å²) >= 11 is 1.54. The lowest BCUT2D eigenvalue weighted by molar-refractivity contribution is 0.540. The van der Waals surface area contributed by atoms with Crippen LogP contribution in [0, 0.1) is 12.8 Å². The Bertz CT molecular complexity index is 507. The van der Waals surface area contributed by atoms with Crippen LogP contribution >= 0.6 is 11.3 Å². The van der Waals surface area contributed by atoms with Gasteiger partial charge >= 0.3 is 0 Å². The molecular weight excluding hydrogens is 292 g/mol. The minimum absolute atomic E-state index is 0.431. The predicted octanol–water partition coefficient (Wildman–Crippen LogP) is 2.88. The largest absolute Gasteiger partial charge is 0.312 e. The van der Waals surface area contributed by atoms with Crippen LogP contribution in [0.3, 0.4) is 0 Å². The molecule has 0 aliphatic carbocycles. The Morgan fingerprint density at radius 1 is 1.35 bits per heavy atom. The molecule has 0 radical (unpaired) electrons. The molecule has 20 heavy (non-hydrogen) atoms. The van der Waals surface area contributed by atoms with Crippen molar-refractivity contribution >= 4 is 21.4 Å². The molecule has 6 heteroatoms. The highest BCUT2D eigenvalue weighted by molar-refractivity contribution is 7.89. The number of sulfonamides is 1. The van der Waals surface area contributed by atoms with Crippen LogP contribution in [-0.2, 0) is 16.6 Å². The van der Waals surface area contributed by atoms with Gasteiger partial charge in [0.1, 0.15) is 0 Å². The van der Waals surface area contributed by atoms with E-state index in [1.165, 1.54) is 0 Å².